The predicted molar refractivity (Wildman–Crippen MR) is 61.1 cm³/mol. The Morgan fingerprint density at radius 2 is 2.19 bits per heavy atom. The van der Waals surface area contributed by atoms with Gasteiger partial charge in [-0.15, -0.1) is 6.58 Å². The summed E-state index contributed by atoms with van der Waals surface area (Å²) in [6, 6.07) is 6.36. The maximum absolute atomic E-state index is 13.4. The van der Waals surface area contributed by atoms with E-state index in [9.17, 15) is 9.18 Å². The summed E-state index contributed by atoms with van der Waals surface area (Å²) in [4.78, 5) is 12.9. The standard InChI is InChI=1S/C12H15FN2O/c1-2-7-15(12(16)8-14)9-10-5-3-4-6-11(10)13/h2-6H,1,7-9,14H2. The van der Waals surface area contributed by atoms with Gasteiger partial charge in [0, 0.05) is 18.7 Å². The lowest BCUT2D eigenvalue weighted by Crippen LogP contribution is -2.35. The van der Waals surface area contributed by atoms with Crippen molar-refractivity contribution in [3.8, 4) is 0 Å². The molecule has 0 saturated heterocycles. The average molecular weight is 222 g/mol. The number of nitrogens with zero attached hydrogens (tertiary/aromatic N) is 1. The van der Waals surface area contributed by atoms with E-state index in [1.54, 1.807) is 24.3 Å². The van der Waals surface area contributed by atoms with Crippen LogP contribution in [0.1, 0.15) is 5.56 Å². The lowest BCUT2D eigenvalue weighted by atomic mass is 10.2. The number of amides is 1. The van der Waals surface area contributed by atoms with Gasteiger partial charge in [0.1, 0.15) is 5.82 Å². The van der Waals surface area contributed by atoms with Crippen LogP contribution in [-0.4, -0.2) is 23.9 Å². The normalized spacial score (nSPS) is 9.88. The molecule has 1 rings (SSSR count). The molecule has 0 spiro atoms. The molecule has 3 nitrogen and oxygen atoms in total. The first-order valence-corrected chi connectivity index (χ1v) is 5.01. The van der Waals surface area contributed by atoms with Crippen LogP contribution >= 0.6 is 0 Å². The van der Waals surface area contributed by atoms with E-state index in [1.165, 1.54) is 11.0 Å². The Morgan fingerprint density at radius 1 is 1.50 bits per heavy atom. The van der Waals surface area contributed by atoms with Crippen LogP contribution in [0, 0.1) is 5.82 Å². The quantitative estimate of drug-likeness (QED) is 0.763. The van der Waals surface area contributed by atoms with Crippen molar-refractivity contribution in [2.45, 2.75) is 6.54 Å². The number of carbonyl (C=O) groups excluding carboxylic acids is 1. The average Bonchev–Trinajstić information content (AvgIpc) is 2.30. The number of nitrogens with two attached hydrogens (primary N) is 1. The molecule has 2 N–H and O–H groups in total. The van der Waals surface area contributed by atoms with Gasteiger partial charge in [-0.2, -0.15) is 0 Å². The summed E-state index contributed by atoms with van der Waals surface area (Å²) in [6.45, 7) is 4.05. The fourth-order valence-corrected chi connectivity index (χ4v) is 1.37. The van der Waals surface area contributed by atoms with E-state index < -0.39 is 0 Å². The molecule has 0 aliphatic rings. The van der Waals surface area contributed by atoms with Gasteiger partial charge in [0.25, 0.3) is 0 Å². The highest BCUT2D eigenvalue weighted by molar-refractivity contribution is 5.78. The van der Waals surface area contributed by atoms with Gasteiger partial charge in [0.2, 0.25) is 5.91 Å². The third-order valence-corrected chi connectivity index (χ3v) is 2.20. The Hall–Kier alpha value is -1.68. The Balaban J connectivity index is 2.79. The van der Waals surface area contributed by atoms with Gasteiger partial charge in [-0.05, 0) is 6.07 Å². The molecular weight excluding hydrogens is 207 g/mol. The van der Waals surface area contributed by atoms with E-state index in [4.69, 9.17) is 5.73 Å². The van der Waals surface area contributed by atoms with Gasteiger partial charge < -0.3 is 10.6 Å². The van der Waals surface area contributed by atoms with Crippen molar-refractivity contribution < 1.29 is 9.18 Å². The second kappa shape index (κ2) is 6.02. The molecule has 0 fully saturated rings. The zero-order valence-corrected chi connectivity index (χ0v) is 9.03. The summed E-state index contributed by atoms with van der Waals surface area (Å²) in [5, 5.41) is 0. The fraction of sp³-hybridized carbons (Fsp3) is 0.250. The van der Waals surface area contributed by atoms with Crippen molar-refractivity contribution in [1.82, 2.24) is 4.90 Å². The van der Waals surface area contributed by atoms with Gasteiger partial charge in [-0.1, -0.05) is 24.3 Å². The number of carbonyl (C=O) groups is 1. The molecule has 0 aromatic heterocycles. The number of rotatable bonds is 5. The van der Waals surface area contributed by atoms with Crippen molar-refractivity contribution in [2.24, 2.45) is 5.73 Å². The van der Waals surface area contributed by atoms with E-state index in [0.717, 1.165) is 0 Å². The number of benzene rings is 1. The predicted octanol–water partition coefficient (Wildman–Crippen LogP) is 1.30. The molecule has 1 aromatic carbocycles. The first kappa shape index (κ1) is 12.4. The maximum Gasteiger partial charge on any atom is 0.236 e. The Labute approximate surface area is 94.4 Å². The Kier molecular flexibility index (Phi) is 4.66. The molecule has 0 atom stereocenters. The van der Waals surface area contributed by atoms with E-state index in [0.29, 0.717) is 12.1 Å². The number of hydrogen-bond acceptors (Lipinski definition) is 2. The van der Waals surface area contributed by atoms with Crippen LogP contribution in [-0.2, 0) is 11.3 Å². The molecule has 16 heavy (non-hydrogen) atoms. The summed E-state index contributed by atoms with van der Waals surface area (Å²) in [5.74, 6) is -0.537. The van der Waals surface area contributed by atoms with Crippen LogP contribution in [0.3, 0.4) is 0 Å². The molecule has 0 aliphatic carbocycles. The molecule has 0 heterocycles. The van der Waals surface area contributed by atoms with Crippen LogP contribution in [0.2, 0.25) is 0 Å². The molecule has 0 radical (unpaired) electrons. The minimum atomic E-state index is -0.318. The first-order valence-electron chi connectivity index (χ1n) is 5.01. The zero-order chi connectivity index (χ0) is 12.0. The molecule has 86 valence electrons. The van der Waals surface area contributed by atoms with Crippen molar-refractivity contribution in [3.63, 3.8) is 0 Å². The minimum Gasteiger partial charge on any atom is -0.333 e. The summed E-state index contributed by atoms with van der Waals surface area (Å²) in [5.41, 5.74) is 5.75. The first-order chi connectivity index (χ1) is 7.69. The molecule has 0 bridgehead atoms. The topological polar surface area (TPSA) is 46.3 Å². The second-order valence-electron chi connectivity index (χ2n) is 3.36. The largest absolute Gasteiger partial charge is 0.333 e. The second-order valence-corrected chi connectivity index (χ2v) is 3.36. The summed E-state index contributed by atoms with van der Waals surface area (Å²) < 4.78 is 13.4. The highest BCUT2D eigenvalue weighted by Crippen LogP contribution is 2.09. The molecular formula is C12H15FN2O. The third-order valence-electron chi connectivity index (χ3n) is 2.20. The molecule has 0 saturated carbocycles. The van der Waals surface area contributed by atoms with E-state index in [2.05, 4.69) is 6.58 Å². The van der Waals surface area contributed by atoms with Crippen molar-refractivity contribution in [2.75, 3.05) is 13.1 Å². The number of hydrogen-bond donors (Lipinski definition) is 1. The van der Waals surface area contributed by atoms with Gasteiger partial charge >= 0.3 is 0 Å². The Bertz CT molecular complexity index is 379. The van der Waals surface area contributed by atoms with Gasteiger partial charge in [-0.3, -0.25) is 4.79 Å². The monoisotopic (exact) mass is 222 g/mol. The highest BCUT2D eigenvalue weighted by atomic mass is 19.1. The van der Waals surface area contributed by atoms with Crippen molar-refractivity contribution in [1.29, 1.82) is 0 Å². The summed E-state index contributed by atoms with van der Waals surface area (Å²) in [6.07, 6.45) is 1.59. The maximum atomic E-state index is 13.4. The summed E-state index contributed by atoms with van der Waals surface area (Å²) >= 11 is 0. The molecule has 0 aliphatic heterocycles. The SMILES string of the molecule is C=CCN(Cc1ccccc1F)C(=O)CN. The minimum absolute atomic E-state index is 0.0811. The lowest BCUT2D eigenvalue weighted by Gasteiger charge is -2.20. The van der Waals surface area contributed by atoms with Gasteiger partial charge in [0.15, 0.2) is 0 Å². The van der Waals surface area contributed by atoms with Crippen LogP contribution in [0.15, 0.2) is 36.9 Å². The molecule has 0 unspecified atom stereocenters. The van der Waals surface area contributed by atoms with Gasteiger partial charge in [-0.25, -0.2) is 4.39 Å². The summed E-state index contributed by atoms with van der Waals surface area (Å²) in [7, 11) is 0. The smallest absolute Gasteiger partial charge is 0.236 e. The number of halogens is 1. The molecule has 4 heteroatoms. The van der Waals surface area contributed by atoms with Crippen molar-refractivity contribution in [3.05, 3.63) is 48.3 Å². The Morgan fingerprint density at radius 3 is 2.75 bits per heavy atom. The van der Waals surface area contributed by atoms with Crippen LogP contribution in [0.4, 0.5) is 4.39 Å². The molecule has 1 amide bonds. The van der Waals surface area contributed by atoms with Crippen LogP contribution < -0.4 is 5.73 Å². The van der Waals surface area contributed by atoms with Crippen molar-refractivity contribution >= 4 is 5.91 Å². The van der Waals surface area contributed by atoms with E-state index >= 15 is 0 Å². The van der Waals surface area contributed by atoms with Crippen LogP contribution in [0.25, 0.3) is 0 Å². The highest BCUT2D eigenvalue weighted by Gasteiger charge is 2.12. The third kappa shape index (κ3) is 3.17. The fourth-order valence-electron chi connectivity index (χ4n) is 1.37. The van der Waals surface area contributed by atoms with E-state index in [1.807, 2.05) is 0 Å². The van der Waals surface area contributed by atoms with E-state index in [-0.39, 0.29) is 24.8 Å². The lowest BCUT2D eigenvalue weighted by molar-refractivity contribution is -0.129. The van der Waals surface area contributed by atoms with Gasteiger partial charge in [0.05, 0.1) is 6.54 Å². The molecule has 1 aromatic rings. The zero-order valence-electron chi connectivity index (χ0n) is 9.03. The van der Waals surface area contributed by atoms with Crippen LogP contribution in [0.5, 0.6) is 0 Å².